The van der Waals surface area contributed by atoms with Crippen molar-refractivity contribution in [2.75, 3.05) is 33.4 Å². The first-order valence-electron chi connectivity index (χ1n) is 19.5. The number of pyridine rings is 1. The molecule has 280 valence electrons. The van der Waals surface area contributed by atoms with E-state index in [1.54, 1.807) is 7.11 Å². The number of piperidine rings is 3. The first-order chi connectivity index (χ1) is 24.2. The lowest BCUT2D eigenvalue weighted by atomic mass is 9.72. The van der Waals surface area contributed by atoms with Crippen LogP contribution in [0.5, 0.6) is 5.75 Å². The summed E-state index contributed by atoms with van der Waals surface area (Å²) in [6, 6.07) is 8.34. The Kier molecular flexibility index (Phi) is 11.1. The third-order valence-corrected chi connectivity index (χ3v) is 12.2. The van der Waals surface area contributed by atoms with Gasteiger partial charge in [-0.2, -0.15) is 0 Å². The number of ether oxygens (including phenoxy) is 4. The second-order valence-electron chi connectivity index (χ2n) is 17.9. The number of carbonyl (C=O) groups is 1. The maximum Gasteiger partial charge on any atom is 0.306 e. The van der Waals surface area contributed by atoms with Crippen LogP contribution >= 0.6 is 0 Å². The Bertz CT molecular complexity index is 1570. The minimum atomic E-state index is -0.542. The SMILES string of the molecule is CC[C@H]1CN2CC[C@H]1C[C@@H]2[C@@H](OC(=O)CCCCCC(C)(C1=N[C@@H](C(C)(C)C)CO1)C1=N[C@@H](C(C)(C)C)CO1)c1ccnc2ccc(OC)cc12. The van der Waals surface area contributed by atoms with Gasteiger partial charge in [0.1, 0.15) is 30.5 Å². The van der Waals surface area contributed by atoms with Gasteiger partial charge in [-0.05, 0) is 86.1 Å². The maximum absolute atomic E-state index is 13.7. The van der Waals surface area contributed by atoms with Gasteiger partial charge in [0.25, 0.3) is 0 Å². The second kappa shape index (κ2) is 15.0. The van der Waals surface area contributed by atoms with Crippen molar-refractivity contribution in [3.8, 4) is 5.75 Å². The molecule has 7 atom stereocenters. The third-order valence-electron chi connectivity index (χ3n) is 12.2. The quantitative estimate of drug-likeness (QED) is 0.152. The average Bonchev–Trinajstić information content (AvgIpc) is 3.83. The molecule has 9 nitrogen and oxygen atoms in total. The Morgan fingerprint density at radius 2 is 1.65 bits per heavy atom. The smallest absolute Gasteiger partial charge is 0.306 e. The normalized spacial score (nSPS) is 27.1. The Morgan fingerprint density at radius 1 is 0.961 bits per heavy atom. The largest absolute Gasteiger partial charge is 0.497 e. The van der Waals surface area contributed by atoms with Crippen LogP contribution in [-0.2, 0) is 19.0 Å². The number of fused-ring (bicyclic) bond motifs is 4. The van der Waals surface area contributed by atoms with Crippen molar-refractivity contribution in [3.05, 3.63) is 36.0 Å². The van der Waals surface area contributed by atoms with Crippen LogP contribution in [0.15, 0.2) is 40.4 Å². The predicted molar refractivity (Wildman–Crippen MR) is 203 cm³/mol. The van der Waals surface area contributed by atoms with Crippen LogP contribution in [0.1, 0.15) is 118 Å². The number of nitrogens with zero attached hydrogens (tertiary/aromatic N) is 4. The topological polar surface area (TPSA) is 94.8 Å². The standard InChI is InChI=1S/C42H62N4O5/c1-10-27-24-46-21-18-28(27)22-33(46)37(30-17-20-43-32-16-15-29(48-9)23-31(30)32)51-36(47)14-12-11-13-19-42(8,38-44-34(25-49-38)40(2,3)4)39-45-35(26-50-39)41(5,6)7/h15-17,20,23,27-28,33-35,37H,10-14,18-19,21-22,24-26H2,1-9H3/t27-,28-,33+,34+,35+,37-/m0/s1. The highest BCUT2D eigenvalue weighted by Gasteiger charge is 2.48. The average molecular weight is 703 g/mol. The van der Waals surface area contributed by atoms with Crippen LogP contribution in [-0.4, -0.2) is 79.2 Å². The molecule has 1 unspecified atom stereocenters. The fourth-order valence-corrected chi connectivity index (χ4v) is 8.50. The predicted octanol–water partition coefficient (Wildman–Crippen LogP) is 8.59. The van der Waals surface area contributed by atoms with Crippen LogP contribution in [0.2, 0.25) is 0 Å². The lowest BCUT2D eigenvalue weighted by molar-refractivity contribution is -0.158. The van der Waals surface area contributed by atoms with Crippen molar-refractivity contribution in [1.82, 2.24) is 9.88 Å². The van der Waals surface area contributed by atoms with Crippen molar-refractivity contribution in [2.45, 2.75) is 131 Å². The molecular formula is C42H62N4O5. The summed E-state index contributed by atoms with van der Waals surface area (Å²) < 4.78 is 24.8. The van der Waals surface area contributed by atoms with Gasteiger partial charge in [-0.3, -0.25) is 14.7 Å². The molecule has 0 spiro atoms. The summed E-state index contributed by atoms with van der Waals surface area (Å²) in [4.78, 5) is 31.1. The molecule has 0 amide bonds. The number of aromatic nitrogens is 1. The number of carbonyl (C=O) groups excluding carboxylic acids is 1. The van der Waals surface area contributed by atoms with Crippen molar-refractivity contribution in [1.29, 1.82) is 0 Å². The molecule has 3 fully saturated rings. The van der Waals surface area contributed by atoms with Crippen molar-refractivity contribution < 1.29 is 23.7 Å². The maximum atomic E-state index is 13.7. The van der Waals surface area contributed by atoms with Crippen LogP contribution in [0.25, 0.3) is 10.9 Å². The monoisotopic (exact) mass is 702 g/mol. The molecule has 2 aromatic rings. The Balaban J connectivity index is 1.14. The van der Waals surface area contributed by atoms with Gasteiger partial charge in [0.15, 0.2) is 11.8 Å². The fourth-order valence-electron chi connectivity index (χ4n) is 8.50. The van der Waals surface area contributed by atoms with Crippen LogP contribution in [0.3, 0.4) is 0 Å². The molecular weight excluding hydrogens is 640 g/mol. The first-order valence-corrected chi connectivity index (χ1v) is 19.5. The minimum Gasteiger partial charge on any atom is -0.497 e. The Morgan fingerprint density at radius 3 is 2.22 bits per heavy atom. The third kappa shape index (κ3) is 8.08. The van der Waals surface area contributed by atoms with Crippen LogP contribution in [0.4, 0.5) is 0 Å². The number of aliphatic imine (C=N–C) groups is 2. The highest BCUT2D eigenvalue weighted by Crippen LogP contribution is 2.45. The summed E-state index contributed by atoms with van der Waals surface area (Å²) in [7, 11) is 1.68. The molecule has 9 heteroatoms. The van der Waals surface area contributed by atoms with Crippen molar-refractivity contribution in [3.63, 3.8) is 0 Å². The molecule has 0 N–H and O–H groups in total. The molecule has 51 heavy (non-hydrogen) atoms. The number of hydrogen-bond donors (Lipinski definition) is 0. The summed E-state index contributed by atoms with van der Waals surface area (Å²) in [5.41, 5.74) is 1.38. The zero-order chi connectivity index (χ0) is 36.6. The van der Waals surface area contributed by atoms with Gasteiger partial charge < -0.3 is 18.9 Å². The lowest BCUT2D eigenvalue weighted by Gasteiger charge is -2.51. The van der Waals surface area contributed by atoms with E-state index in [9.17, 15) is 4.79 Å². The van der Waals surface area contributed by atoms with E-state index in [2.05, 4.69) is 65.3 Å². The zero-order valence-corrected chi connectivity index (χ0v) is 32.7. The highest BCUT2D eigenvalue weighted by molar-refractivity contribution is 6.05. The molecule has 1 aromatic heterocycles. The number of benzene rings is 1. The van der Waals surface area contributed by atoms with E-state index in [1.165, 1.54) is 12.8 Å². The molecule has 0 saturated carbocycles. The molecule has 1 aromatic carbocycles. The van der Waals surface area contributed by atoms with E-state index in [0.717, 1.165) is 79.2 Å². The summed E-state index contributed by atoms with van der Waals surface area (Å²) in [5, 5.41) is 0.986. The molecule has 5 aliphatic rings. The van der Waals surface area contributed by atoms with Crippen LogP contribution in [0, 0.1) is 28.1 Å². The van der Waals surface area contributed by atoms with Crippen molar-refractivity contribution >= 4 is 28.7 Å². The zero-order valence-electron chi connectivity index (χ0n) is 32.7. The van der Waals surface area contributed by atoms with Gasteiger partial charge in [-0.15, -0.1) is 0 Å². The van der Waals surface area contributed by atoms with Gasteiger partial charge in [-0.25, -0.2) is 9.98 Å². The van der Waals surface area contributed by atoms with Gasteiger partial charge in [-0.1, -0.05) is 67.7 Å². The fraction of sp³-hybridized carbons (Fsp3) is 0.714. The number of esters is 1. The number of hydrogen-bond acceptors (Lipinski definition) is 9. The molecule has 5 aliphatic heterocycles. The van der Waals surface area contributed by atoms with E-state index in [1.807, 2.05) is 30.5 Å². The Hall–Kier alpha value is -3.20. The lowest BCUT2D eigenvalue weighted by Crippen LogP contribution is -2.55. The van der Waals surface area contributed by atoms with Crippen LogP contribution < -0.4 is 4.74 Å². The van der Waals surface area contributed by atoms with E-state index < -0.39 is 5.41 Å². The van der Waals surface area contributed by atoms with Gasteiger partial charge >= 0.3 is 5.97 Å². The summed E-state index contributed by atoms with van der Waals surface area (Å²) in [6.45, 7) is 21.0. The summed E-state index contributed by atoms with van der Waals surface area (Å²) in [5.74, 6) is 3.49. The van der Waals surface area contributed by atoms with Gasteiger partial charge in [0, 0.05) is 30.1 Å². The van der Waals surface area contributed by atoms with Gasteiger partial charge in [0.2, 0.25) is 0 Å². The highest BCUT2D eigenvalue weighted by atomic mass is 16.5. The number of unbranched alkanes of at least 4 members (excludes halogenated alkanes) is 2. The molecule has 3 saturated heterocycles. The Labute approximate surface area is 306 Å². The molecule has 6 heterocycles. The molecule has 0 radical (unpaired) electrons. The summed E-state index contributed by atoms with van der Waals surface area (Å²) in [6.07, 6.45) is 8.64. The van der Waals surface area contributed by atoms with Crippen molar-refractivity contribution in [2.24, 2.45) is 38.1 Å². The second-order valence-corrected chi connectivity index (χ2v) is 17.9. The summed E-state index contributed by atoms with van der Waals surface area (Å²) >= 11 is 0. The molecule has 7 rings (SSSR count). The van der Waals surface area contributed by atoms with Gasteiger partial charge in [0.05, 0.1) is 30.8 Å². The van der Waals surface area contributed by atoms with E-state index in [0.29, 0.717) is 31.5 Å². The van der Waals surface area contributed by atoms with E-state index >= 15 is 0 Å². The minimum absolute atomic E-state index is 0.00762. The number of methoxy groups -OCH3 is 1. The molecule has 0 aliphatic carbocycles. The first kappa shape index (κ1) is 37.6. The number of rotatable bonds is 13. The molecule has 2 bridgehead atoms. The van der Waals surface area contributed by atoms with E-state index in [-0.39, 0.29) is 41.0 Å². The van der Waals surface area contributed by atoms with E-state index in [4.69, 9.17) is 28.9 Å².